The van der Waals surface area contributed by atoms with Crippen molar-refractivity contribution in [3.63, 3.8) is 0 Å². The van der Waals surface area contributed by atoms with Crippen LogP contribution in [0.2, 0.25) is 0 Å². The molecule has 2 N–H and O–H groups in total. The topological polar surface area (TPSA) is 199 Å². The molecule has 2 aromatic carbocycles. The normalized spacial score (nSPS) is 9.94. The van der Waals surface area contributed by atoms with Crippen LogP contribution in [0.4, 0.5) is 0 Å². The number of carbonyl (C=O) groups is 2. The smallest absolute Gasteiger partial charge is 0.753 e. The van der Waals surface area contributed by atoms with Gasteiger partial charge >= 0.3 is 19.5 Å². The number of nitriles is 1. The van der Waals surface area contributed by atoms with E-state index in [1.165, 1.54) is 23.1 Å². The fourth-order valence-corrected chi connectivity index (χ4v) is 4.78. The maximum Gasteiger partial charge on any atom is 2.00 e. The Bertz CT molecular complexity index is 2310. The minimum atomic E-state index is 0. The number of nitrogens with zero attached hydrogens (tertiary/aromatic N) is 7. The Kier molecular flexibility index (Phi) is 16.6. The van der Waals surface area contributed by atoms with E-state index < -0.39 is 0 Å². The number of imidazole rings is 1. The fraction of sp³-hybridized carbons (Fsp3) is 0. The SMILES string of the molecule is N#C[S-].O=CO/C=C/c1ccnc(-c2cc(/C=C/OC=O)ccn2)c1.Oc1ccc(-c2nc3c4cccnc4c4ncccc4c3[nH]2)cc1.[N-]=C=S.[Ru+2]. The molecular weight excluding hydrogens is 802 g/mol. The number of aromatic hydroxyl groups is 1. The molecule has 0 aliphatic heterocycles. The van der Waals surface area contributed by atoms with Crippen LogP contribution in [0.5, 0.6) is 5.75 Å². The molecule has 0 unspecified atom stereocenters. The third kappa shape index (κ3) is 11.2. The van der Waals surface area contributed by atoms with Gasteiger partial charge in [0, 0.05) is 41.1 Å². The first-order valence-electron chi connectivity index (χ1n) is 14.7. The Morgan fingerprint density at radius 1 is 0.774 bits per heavy atom. The summed E-state index contributed by atoms with van der Waals surface area (Å²) >= 11 is 7.40. The van der Waals surface area contributed by atoms with Crippen LogP contribution in [-0.4, -0.2) is 53.1 Å². The Morgan fingerprint density at radius 2 is 1.26 bits per heavy atom. The zero-order valence-corrected chi connectivity index (χ0v) is 30.5. The molecule has 7 aromatic rings. The number of hydrogen-bond acceptors (Lipinski definition) is 13. The molecule has 13 nitrogen and oxygen atoms in total. The molecule has 53 heavy (non-hydrogen) atoms. The number of phenols is 1. The van der Waals surface area contributed by atoms with E-state index in [4.69, 9.17) is 15.7 Å². The third-order valence-electron chi connectivity index (χ3n) is 6.83. The number of rotatable bonds is 8. The van der Waals surface area contributed by atoms with Gasteiger partial charge in [-0.05, 0) is 96.1 Å². The summed E-state index contributed by atoms with van der Waals surface area (Å²) in [4.78, 5) is 45.9. The third-order valence-corrected chi connectivity index (χ3v) is 6.83. The molecule has 0 saturated carbocycles. The maximum absolute atomic E-state index is 10.1. The molecule has 0 aliphatic rings. The number of thiocyanates is 1. The number of aromatic amines is 1. The van der Waals surface area contributed by atoms with Gasteiger partial charge in [-0.3, -0.25) is 29.5 Å². The van der Waals surface area contributed by atoms with E-state index in [1.54, 1.807) is 61.2 Å². The molecule has 0 spiro atoms. The number of carbonyl (C=O) groups excluding carboxylic acids is 2. The van der Waals surface area contributed by atoms with Gasteiger partial charge in [0.15, 0.2) is 0 Å². The molecule has 0 amide bonds. The number of thiocarbonyl (C=S) groups is 1. The van der Waals surface area contributed by atoms with Crippen LogP contribution in [0.3, 0.4) is 0 Å². The predicted molar refractivity (Wildman–Crippen MR) is 203 cm³/mol. The number of H-pyrrole nitrogens is 1. The number of phenolic OH excluding ortho intramolecular Hbond substituents is 1. The summed E-state index contributed by atoms with van der Waals surface area (Å²) in [5, 5.41) is 28.4. The minimum absolute atomic E-state index is 0. The molecule has 16 heteroatoms. The average molecular weight is 826 g/mol. The average Bonchev–Trinajstić information content (AvgIpc) is 3.63. The van der Waals surface area contributed by atoms with Crippen LogP contribution >= 0.6 is 12.2 Å². The summed E-state index contributed by atoms with van der Waals surface area (Å²) in [7, 11) is 0. The van der Waals surface area contributed by atoms with Gasteiger partial charge in [-0.2, -0.15) is 5.16 Å². The Balaban J connectivity index is 0.000000246. The van der Waals surface area contributed by atoms with Gasteiger partial charge in [0.1, 0.15) is 11.6 Å². The van der Waals surface area contributed by atoms with Gasteiger partial charge in [-0.1, -0.05) is 17.6 Å². The second-order valence-corrected chi connectivity index (χ2v) is 10.2. The molecular formula is C37H24N8O5RuS2. The standard InChI is InChI=1S/C19H12N4O.C16H12N2O4.CHNS.CNS.Ru/c24-12-7-5-11(6-8-12)19-22-17-13-3-1-9-20-15(13)16-14(18(17)23-19)4-2-10-21-16;19-11-21-7-3-13-1-5-17-15(9-13)16-10-14(2-6-18-16)4-8-22-12-20;2*2-1-3;/h1-10,24H,(H,22,23);1-12H;3H;;/q;;;-1;+2/p-1/b;7-3+,8-4+;;;. The van der Waals surface area contributed by atoms with E-state index in [9.17, 15) is 14.7 Å². The number of aromatic nitrogens is 6. The van der Waals surface area contributed by atoms with Crippen LogP contribution in [0.25, 0.3) is 73.2 Å². The van der Waals surface area contributed by atoms with Crippen molar-refractivity contribution >= 4 is 87.9 Å². The molecule has 7 rings (SSSR count). The summed E-state index contributed by atoms with van der Waals surface area (Å²) in [6.45, 7) is 0.689. The van der Waals surface area contributed by atoms with Crippen LogP contribution in [0.15, 0.2) is 110 Å². The van der Waals surface area contributed by atoms with Gasteiger partial charge in [-0.25, -0.2) is 10.2 Å². The van der Waals surface area contributed by atoms with E-state index in [2.05, 4.69) is 59.2 Å². The number of pyridine rings is 4. The molecule has 0 fully saturated rings. The largest absolute Gasteiger partial charge is 2.00 e. The molecule has 262 valence electrons. The summed E-state index contributed by atoms with van der Waals surface area (Å²) in [5.74, 6) is 0.991. The molecule has 5 aromatic heterocycles. The number of ether oxygens (including phenoxy) is 2. The van der Waals surface area contributed by atoms with Gasteiger partial charge in [-0.15, -0.1) is 0 Å². The summed E-state index contributed by atoms with van der Waals surface area (Å²) in [6.07, 6.45) is 12.7. The number of nitrogens with one attached hydrogen (secondary N) is 1. The first-order chi connectivity index (χ1) is 25.5. The van der Waals surface area contributed by atoms with Crippen molar-refractivity contribution in [1.29, 1.82) is 5.26 Å². The first kappa shape index (κ1) is 40.8. The molecule has 5 heterocycles. The zero-order valence-electron chi connectivity index (χ0n) is 27.1. The van der Waals surface area contributed by atoms with E-state index in [-0.39, 0.29) is 25.2 Å². The number of hydrogen-bond donors (Lipinski definition) is 2. The summed E-state index contributed by atoms with van der Waals surface area (Å²) < 4.78 is 9.02. The van der Waals surface area contributed by atoms with Crippen molar-refractivity contribution < 1.29 is 43.6 Å². The van der Waals surface area contributed by atoms with Crippen molar-refractivity contribution in [2.75, 3.05) is 0 Å². The maximum atomic E-state index is 10.1. The monoisotopic (exact) mass is 826 g/mol. The molecule has 0 atom stereocenters. The van der Waals surface area contributed by atoms with Crippen molar-refractivity contribution in [2.24, 2.45) is 0 Å². The molecule has 0 bridgehead atoms. The second-order valence-electron chi connectivity index (χ2n) is 9.86. The van der Waals surface area contributed by atoms with E-state index >= 15 is 0 Å². The number of isothiocyanates is 1. The first-order valence-corrected chi connectivity index (χ1v) is 15.6. The van der Waals surface area contributed by atoms with E-state index in [0.29, 0.717) is 24.3 Å². The van der Waals surface area contributed by atoms with Crippen LogP contribution in [-0.2, 0) is 51.2 Å². The van der Waals surface area contributed by atoms with Gasteiger partial charge in [0.25, 0.3) is 12.9 Å². The van der Waals surface area contributed by atoms with Crippen LogP contribution < -0.4 is 0 Å². The van der Waals surface area contributed by atoms with Gasteiger partial charge in [0.2, 0.25) is 0 Å². The van der Waals surface area contributed by atoms with Gasteiger partial charge in [0.05, 0.1) is 46.0 Å². The molecule has 0 saturated heterocycles. The summed E-state index contributed by atoms with van der Waals surface area (Å²) in [6, 6.07) is 22.0. The van der Waals surface area contributed by atoms with Crippen molar-refractivity contribution in [2.45, 2.75) is 0 Å². The fourth-order valence-electron chi connectivity index (χ4n) is 4.78. The zero-order chi connectivity index (χ0) is 37.1. The number of fused-ring (bicyclic) bond motifs is 6. The van der Waals surface area contributed by atoms with Crippen LogP contribution in [0.1, 0.15) is 11.1 Å². The summed E-state index contributed by atoms with van der Waals surface area (Å²) in [5.41, 5.74) is 7.42. The van der Waals surface area contributed by atoms with Crippen molar-refractivity contribution in [3.8, 4) is 33.9 Å². The van der Waals surface area contributed by atoms with Crippen LogP contribution in [0, 0.1) is 10.7 Å². The second kappa shape index (κ2) is 21.6. The van der Waals surface area contributed by atoms with Crippen molar-refractivity contribution in [3.05, 3.63) is 127 Å². The quantitative estimate of drug-likeness (QED) is 0.0229. The Labute approximate surface area is 325 Å². The van der Waals surface area contributed by atoms with Gasteiger partial charge < -0.3 is 37.6 Å². The Hall–Kier alpha value is -6.62. The number of benzene rings is 2. The molecule has 0 aliphatic carbocycles. The predicted octanol–water partition coefficient (Wildman–Crippen LogP) is 7.13. The molecule has 0 radical (unpaired) electrons. The van der Waals surface area contributed by atoms with E-state index in [0.717, 1.165) is 55.4 Å². The minimum Gasteiger partial charge on any atom is -0.753 e. The van der Waals surface area contributed by atoms with E-state index in [1.807, 2.05) is 48.5 Å². The van der Waals surface area contributed by atoms with Crippen molar-refractivity contribution in [1.82, 2.24) is 29.9 Å². The Morgan fingerprint density at radius 3 is 1.77 bits per heavy atom.